The molecule has 8 aliphatic rings. The normalized spacial score (nSPS) is 23.3. The largest absolute Gasteiger partial charge is 0.468 e. The molecule has 5 heteroatoms. The zero-order chi connectivity index (χ0) is 69.2. The number of hydrogen-bond acceptors (Lipinski definition) is 4. The molecule has 8 aromatic rings. The van der Waals surface area contributed by atoms with E-state index in [1.165, 1.54) is 154 Å². The van der Waals surface area contributed by atoms with Gasteiger partial charge in [-0.05, 0) is 299 Å². The van der Waals surface area contributed by atoms with Crippen molar-refractivity contribution in [3.05, 3.63) is 176 Å². The summed E-state index contributed by atoms with van der Waals surface area (Å²) in [4.78, 5) is 8.26. The van der Waals surface area contributed by atoms with Gasteiger partial charge in [0.1, 0.15) is 5.58 Å². The van der Waals surface area contributed by atoms with E-state index in [2.05, 4.69) is 290 Å². The maximum absolute atomic E-state index is 8.09. The number of anilines is 9. The van der Waals surface area contributed by atoms with Gasteiger partial charge in [0.15, 0.2) is 0 Å². The van der Waals surface area contributed by atoms with Crippen LogP contribution in [0.5, 0.6) is 0 Å². The maximum atomic E-state index is 8.09. The highest BCUT2D eigenvalue weighted by Gasteiger charge is 2.52. The number of fused-ring (bicyclic) bond motifs is 12. The van der Waals surface area contributed by atoms with E-state index in [0.717, 1.165) is 69.0 Å². The summed E-state index contributed by atoms with van der Waals surface area (Å²) in [5, 5.41) is 1.22. The highest BCUT2D eigenvalue weighted by Crippen LogP contribution is 2.59. The van der Waals surface area contributed by atoms with Gasteiger partial charge < -0.3 is 19.1 Å². The first-order valence-electron chi connectivity index (χ1n) is 37.9. The summed E-state index contributed by atoms with van der Waals surface area (Å²) >= 11 is 0. The van der Waals surface area contributed by atoms with Crippen molar-refractivity contribution in [1.29, 1.82) is 0 Å². The summed E-state index contributed by atoms with van der Waals surface area (Å²) in [6.07, 6.45) is 13.8. The molecule has 0 atom stereocenters. The van der Waals surface area contributed by atoms with Crippen LogP contribution in [-0.2, 0) is 65.0 Å². The SMILES string of the molecule is CC1(C)CCC(C)(C)c2cc(N(c3cc4c5c(c3)N(c3ccc6c(c3)C(C)(C)CCC6(C)C)c3c(oc6cc7c(cc36)C(C)(C)CCC7(C)C)B5c3cc5c(cc3N4c3ccc4c(c3)C(C)(C)CCC4(C)C)C(C)(C)CCC5(C)C)c3ccc4c(c3)C(C)(C)CCC4(C)C)ccc21. The van der Waals surface area contributed by atoms with Crippen molar-refractivity contribution in [3.63, 3.8) is 0 Å². The third kappa shape index (κ3) is 9.59. The third-order valence-electron chi connectivity index (χ3n) is 28.2. The molecule has 6 aliphatic carbocycles. The second-order valence-corrected chi connectivity index (χ2v) is 40.5. The van der Waals surface area contributed by atoms with Gasteiger partial charge in [0.25, 0.3) is 6.71 Å². The minimum atomic E-state index is -0.221. The molecule has 0 radical (unpaired) electrons. The van der Waals surface area contributed by atoms with E-state index in [9.17, 15) is 0 Å². The standard InChI is InChI=1S/C92H114BN3O/c1-81(2)33-37-85(9,10)65-45-55(25-29-61(65)81)94(56-26-30-62-66(46-56)86(11,12)38-34-82(62,3)4)59-49-75-78-76(50-59)96(58-28-32-64-68(48-58)88(15,16)40-36-84(64,7)8)79-60-51-69-72(92(23,24)44-41-89(69,17)18)54-77(60)97-80(79)93(78)73-52-70-71(91(21,22)43-42-90(70,19)20)53-74(73)95(75)57-27-31-63-67(47-57)87(13,14)39-35-83(63,5)6/h25-32,45-54H,33-44H2,1-24H3. The van der Waals surface area contributed by atoms with Crippen molar-refractivity contribution in [2.45, 2.75) is 308 Å². The predicted octanol–water partition coefficient (Wildman–Crippen LogP) is 24.1. The summed E-state index contributed by atoms with van der Waals surface area (Å²) in [7, 11) is 0. The van der Waals surface area contributed by atoms with Crippen LogP contribution in [-0.4, -0.2) is 6.71 Å². The van der Waals surface area contributed by atoms with Crippen LogP contribution in [0.2, 0.25) is 0 Å². The van der Waals surface area contributed by atoms with Crippen molar-refractivity contribution in [2.75, 3.05) is 14.7 Å². The van der Waals surface area contributed by atoms with Crippen molar-refractivity contribution < 1.29 is 4.42 Å². The van der Waals surface area contributed by atoms with Crippen LogP contribution >= 0.6 is 0 Å². The molecule has 16 rings (SSSR count). The fraction of sp³-hybridized carbons (Fsp3) is 0.522. The van der Waals surface area contributed by atoms with Crippen LogP contribution in [0.15, 0.2) is 114 Å². The van der Waals surface area contributed by atoms with E-state index in [1.807, 2.05) is 0 Å². The van der Waals surface area contributed by atoms with Crippen molar-refractivity contribution in [2.24, 2.45) is 0 Å². The van der Waals surface area contributed by atoms with E-state index in [0.29, 0.717) is 0 Å². The van der Waals surface area contributed by atoms with Gasteiger partial charge in [-0.2, -0.15) is 0 Å². The lowest BCUT2D eigenvalue weighted by molar-refractivity contribution is 0.332. The minimum Gasteiger partial charge on any atom is -0.468 e. The molecule has 1 aromatic heterocycles. The molecule has 0 N–H and O–H groups in total. The average Bonchev–Trinajstić information content (AvgIpc) is 1.66. The summed E-state index contributed by atoms with van der Waals surface area (Å²) < 4.78 is 8.09. The second-order valence-electron chi connectivity index (χ2n) is 40.5. The Kier molecular flexibility index (Phi) is 13.6. The van der Waals surface area contributed by atoms with Crippen molar-refractivity contribution >= 4 is 85.5 Å². The Morgan fingerprint density at radius 1 is 0.289 bits per heavy atom. The molecule has 0 bridgehead atoms. The van der Waals surface area contributed by atoms with E-state index in [4.69, 9.17) is 4.42 Å². The zero-order valence-corrected chi connectivity index (χ0v) is 64.2. The first kappa shape index (κ1) is 65.2. The maximum Gasteiger partial charge on any atom is 0.297 e. The first-order chi connectivity index (χ1) is 45.0. The fourth-order valence-electron chi connectivity index (χ4n) is 20.6. The quantitative estimate of drug-likeness (QED) is 0.160. The summed E-state index contributed by atoms with van der Waals surface area (Å²) in [5.74, 6) is 0. The number of hydrogen-bond donors (Lipinski definition) is 0. The topological polar surface area (TPSA) is 22.9 Å². The van der Waals surface area contributed by atoms with E-state index in [1.54, 1.807) is 0 Å². The molecule has 2 aliphatic heterocycles. The van der Waals surface area contributed by atoms with E-state index in [-0.39, 0.29) is 71.7 Å². The van der Waals surface area contributed by atoms with Crippen LogP contribution in [0.3, 0.4) is 0 Å². The fourth-order valence-corrected chi connectivity index (χ4v) is 20.6. The van der Waals surface area contributed by atoms with E-state index < -0.39 is 0 Å². The van der Waals surface area contributed by atoms with Crippen LogP contribution in [0.1, 0.15) is 310 Å². The molecule has 506 valence electrons. The Balaban J connectivity index is 1.09. The number of furan rings is 1. The van der Waals surface area contributed by atoms with Crippen LogP contribution in [0.4, 0.5) is 51.2 Å². The lowest BCUT2D eigenvalue weighted by atomic mass is 9.35. The smallest absolute Gasteiger partial charge is 0.297 e. The molecule has 0 spiro atoms. The Morgan fingerprint density at radius 2 is 0.598 bits per heavy atom. The van der Waals surface area contributed by atoms with Gasteiger partial charge in [0.2, 0.25) is 0 Å². The van der Waals surface area contributed by atoms with Gasteiger partial charge in [-0.25, -0.2) is 0 Å². The Hall–Kier alpha value is -6.46. The highest BCUT2D eigenvalue weighted by molar-refractivity contribution is 7.00. The summed E-state index contributed by atoms with van der Waals surface area (Å²) in [6, 6.07) is 46.7. The van der Waals surface area contributed by atoms with Crippen molar-refractivity contribution in [1.82, 2.24) is 0 Å². The molecule has 3 heterocycles. The number of benzene rings is 7. The van der Waals surface area contributed by atoms with Gasteiger partial charge in [-0.1, -0.05) is 197 Å². The van der Waals surface area contributed by atoms with Crippen LogP contribution < -0.4 is 31.3 Å². The van der Waals surface area contributed by atoms with Gasteiger partial charge in [0, 0.05) is 45.2 Å². The summed E-state index contributed by atoms with van der Waals surface area (Å²) in [6.45, 7) is 59.7. The van der Waals surface area contributed by atoms with Crippen molar-refractivity contribution in [3.8, 4) is 0 Å². The van der Waals surface area contributed by atoms with E-state index >= 15 is 0 Å². The zero-order valence-electron chi connectivity index (χ0n) is 64.2. The molecule has 0 saturated heterocycles. The first-order valence-corrected chi connectivity index (χ1v) is 37.9. The molecule has 4 nitrogen and oxygen atoms in total. The Bertz CT molecular complexity index is 4610. The summed E-state index contributed by atoms with van der Waals surface area (Å²) in [5.41, 5.74) is 33.4. The van der Waals surface area contributed by atoms with Gasteiger partial charge >= 0.3 is 0 Å². The van der Waals surface area contributed by atoms with Gasteiger partial charge in [-0.15, -0.1) is 0 Å². The molecular formula is C92H114BN3O. The molecule has 0 unspecified atom stereocenters. The number of rotatable bonds is 5. The van der Waals surface area contributed by atoms with Gasteiger partial charge in [-0.3, -0.25) is 0 Å². The average molecular weight is 1290 g/mol. The second kappa shape index (κ2) is 20.2. The van der Waals surface area contributed by atoms with Gasteiger partial charge in [0.05, 0.1) is 17.0 Å². The Morgan fingerprint density at radius 3 is 1.00 bits per heavy atom. The lowest BCUT2D eigenvalue weighted by Gasteiger charge is -2.48. The van der Waals surface area contributed by atoms with Crippen LogP contribution in [0, 0.1) is 0 Å². The highest BCUT2D eigenvalue weighted by atomic mass is 16.3. The molecule has 97 heavy (non-hydrogen) atoms. The third-order valence-corrected chi connectivity index (χ3v) is 28.2. The predicted molar refractivity (Wildman–Crippen MR) is 417 cm³/mol. The van der Waals surface area contributed by atoms with Crippen LogP contribution in [0.25, 0.3) is 11.0 Å². The monoisotopic (exact) mass is 1290 g/mol. The Labute approximate surface area is 585 Å². The molecular weight excluding hydrogens is 1170 g/mol. The molecule has 0 saturated carbocycles. The number of nitrogens with zero attached hydrogens (tertiary/aromatic N) is 3. The molecule has 0 fully saturated rings. The lowest BCUT2D eigenvalue weighted by Crippen LogP contribution is -2.61. The molecule has 7 aromatic carbocycles. The molecule has 0 amide bonds. The minimum absolute atomic E-state index is 0.00521.